The summed E-state index contributed by atoms with van der Waals surface area (Å²) in [7, 11) is -1.22. The number of aromatic amines is 1. The SMILES string of the molecule is C[C@H](OCC[Si](C)(C)C)c1ccc2[nH]ncc2c1N1CCc2c(nc(OCCCN3CCCCC3)nc2N2CCN(C(=O)OCc3ccccc3)CC2)C1. The Morgan fingerprint density at radius 1 is 0.907 bits per heavy atom. The van der Waals surface area contributed by atoms with Crippen LogP contribution in [0.5, 0.6) is 6.01 Å². The minimum atomic E-state index is -1.22. The van der Waals surface area contributed by atoms with Crippen LogP contribution in [0.2, 0.25) is 25.7 Å². The van der Waals surface area contributed by atoms with E-state index in [-0.39, 0.29) is 18.8 Å². The molecule has 3 aliphatic rings. The van der Waals surface area contributed by atoms with Gasteiger partial charge in [0.15, 0.2) is 0 Å². The molecule has 12 nitrogen and oxygen atoms in total. The molecule has 1 N–H and O–H groups in total. The van der Waals surface area contributed by atoms with E-state index in [2.05, 4.69) is 63.6 Å². The molecule has 1 atom stereocenters. The average molecular weight is 755 g/mol. The second-order valence-corrected chi connectivity index (χ2v) is 21.8. The highest BCUT2D eigenvalue weighted by molar-refractivity contribution is 6.76. The van der Waals surface area contributed by atoms with Gasteiger partial charge in [0.05, 0.1) is 42.4 Å². The highest BCUT2D eigenvalue weighted by atomic mass is 28.3. The summed E-state index contributed by atoms with van der Waals surface area (Å²) in [6.45, 7) is 18.2. The first-order chi connectivity index (χ1) is 26.2. The van der Waals surface area contributed by atoms with Crippen LogP contribution in [-0.4, -0.2) is 110 Å². The lowest BCUT2D eigenvalue weighted by Crippen LogP contribution is -2.49. The number of carbonyl (C=O) groups is 1. The first kappa shape index (κ1) is 38.1. The highest BCUT2D eigenvalue weighted by Crippen LogP contribution is 2.39. The van der Waals surface area contributed by atoms with Gasteiger partial charge in [0.1, 0.15) is 12.4 Å². The molecule has 0 unspecified atom stereocenters. The molecule has 13 heteroatoms. The van der Waals surface area contributed by atoms with Crippen molar-refractivity contribution in [2.75, 3.05) is 75.4 Å². The van der Waals surface area contributed by atoms with Gasteiger partial charge in [-0.05, 0) is 63.4 Å². The third-order valence-electron chi connectivity index (χ3n) is 11.0. The van der Waals surface area contributed by atoms with E-state index in [0.29, 0.717) is 45.3 Å². The summed E-state index contributed by atoms with van der Waals surface area (Å²) in [4.78, 5) is 32.2. The van der Waals surface area contributed by atoms with E-state index in [1.807, 2.05) is 36.5 Å². The van der Waals surface area contributed by atoms with Crippen molar-refractivity contribution < 1.29 is 19.0 Å². The van der Waals surface area contributed by atoms with Crippen LogP contribution in [0.15, 0.2) is 48.7 Å². The van der Waals surface area contributed by atoms with Crippen LogP contribution >= 0.6 is 0 Å². The Labute approximate surface area is 321 Å². The van der Waals surface area contributed by atoms with Gasteiger partial charge in [-0.1, -0.05) is 62.5 Å². The van der Waals surface area contributed by atoms with Gasteiger partial charge in [0.2, 0.25) is 0 Å². The number of carbonyl (C=O) groups excluding carboxylic acids is 1. The third kappa shape index (κ3) is 9.53. The number of rotatable bonds is 14. The van der Waals surface area contributed by atoms with Crippen LogP contribution in [-0.2, 0) is 29.0 Å². The number of piperazine rings is 1. The average Bonchev–Trinajstić information content (AvgIpc) is 3.67. The van der Waals surface area contributed by atoms with E-state index >= 15 is 0 Å². The smallest absolute Gasteiger partial charge is 0.410 e. The number of nitrogens with one attached hydrogen (secondary N) is 1. The standard InChI is InChI=1S/C41H58N8O4Si/c1-31(51-26-27-54(2,3)4)33-14-15-36-35(28-42-45-36)38(33)49-20-16-34-37(29-49)43-40(52-25-11-19-46-17-9-6-10-18-46)44-39(34)47-21-23-48(24-22-47)41(50)53-30-32-12-7-5-8-13-32/h5,7-8,12-15,28,31H,6,9-11,16-27,29-30H2,1-4H3,(H,42,45)/t31-/m0/s1. The van der Waals surface area contributed by atoms with E-state index in [1.54, 1.807) is 4.90 Å². The second-order valence-electron chi connectivity index (χ2n) is 16.2. The van der Waals surface area contributed by atoms with Crippen LogP contribution in [0.25, 0.3) is 10.9 Å². The van der Waals surface area contributed by atoms with Crippen molar-refractivity contribution in [1.29, 1.82) is 0 Å². The van der Waals surface area contributed by atoms with Gasteiger partial charge in [-0.25, -0.2) is 4.79 Å². The maximum absolute atomic E-state index is 13.0. The second kappa shape index (κ2) is 17.5. The molecule has 0 saturated carbocycles. The lowest BCUT2D eigenvalue weighted by Gasteiger charge is -2.38. The Balaban J connectivity index is 1.09. The van der Waals surface area contributed by atoms with Crippen LogP contribution in [0.4, 0.5) is 16.3 Å². The summed E-state index contributed by atoms with van der Waals surface area (Å²) in [6.07, 6.45) is 7.22. The zero-order valence-electron chi connectivity index (χ0n) is 32.7. The van der Waals surface area contributed by atoms with Crippen molar-refractivity contribution in [1.82, 2.24) is 30.0 Å². The predicted octanol–water partition coefficient (Wildman–Crippen LogP) is 7.05. The van der Waals surface area contributed by atoms with E-state index in [4.69, 9.17) is 24.2 Å². The Kier molecular flexibility index (Phi) is 12.3. The Morgan fingerprint density at radius 2 is 1.70 bits per heavy atom. The molecule has 2 aromatic carbocycles. The fourth-order valence-electron chi connectivity index (χ4n) is 7.78. The maximum atomic E-state index is 13.0. The summed E-state index contributed by atoms with van der Waals surface area (Å²) in [5.41, 5.74) is 6.46. The zero-order valence-corrected chi connectivity index (χ0v) is 33.7. The van der Waals surface area contributed by atoms with Crippen molar-refractivity contribution in [3.8, 4) is 6.01 Å². The topological polar surface area (TPSA) is 112 Å². The molecule has 0 radical (unpaired) electrons. The number of hydrogen-bond donors (Lipinski definition) is 1. The van der Waals surface area contributed by atoms with Crippen LogP contribution < -0.4 is 14.5 Å². The molecule has 4 aromatic rings. The minimum absolute atomic E-state index is 0.0625. The molecule has 2 saturated heterocycles. The van der Waals surface area contributed by atoms with Gasteiger partial charge in [0.25, 0.3) is 0 Å². The molecule has 0 aliphatic carbocycles. The number of ether oxygens (including phenoxy) is 3. The number of hydrogen-bond acceptors (Lipinski definition) is 10. The minimum Gasteiger partial charge on any atom is -0.463 e. The number of anilines is 2. The molecule has 54 heavy (non-hydrogen) atoms. The highest BCUT2D eigenvalue weighted by Gasteiger charge is 2.31. The van der Waals surface area contributed by atoms with Crippen molar-refractivity contribution in [3.63, 3.8) is 0 Å². The van der Waals surface area contributed by atoms with E-state index in [1.165, 1.54) is 37.9 Å². The number of H-pyrrole nitrogens is 1. The number of benzene rings is 2. The lowest BCUT2D eigenvalue weighted by atomic mass is 9.99. The monoisotopic (exact) mass is 754 g/mol. The molecule has 2 fully saturated rings. The summed E-state index contributed by atoms with van der Waals surface area (Å²) in [5.74, 6) is 0.924. The number of likely N-dealkylation sites (tertiary alicyclic amines) is 1. The first-order valence-electron chi connectivity index (χ1n) is 20.0. The van der Waals surface area contributed by atoms with Crippen LogP contribution in [0, 0.1) is 0 Å². The van der Waals surface area contributed by atoms with E-state index < -0.39 is 8.07 Å². The number of fused-ring (bicyclic) bond motifs is 2. The van der Waals surface area contributed by atoms with Crippen molar-refractivity contribution in [3.05, 3.63) is 71.0 Å². The van der Waals surface area contributed by atoms with Crippen LogP contribution in [0.1, 0.15) is 61.1 Å². The molecular weight excluding hydrogens is 697 g/mol. The quantitative estimate of drug-likeness (QED) is 0.106. The largest absolute Gasteiger partial charge is 0.463 e. The third-order valence-corrected chi connectivity index (χ3v) is 12.7. The van der Waals surface area contributed by atoms with Gasteiger partial charge in [-0.2, -0.15) is 15.1 Å². The molecule has 1 amide bonds. The van der Waals surface area contributed by atoms with Crippen molar-refractivity contribution in [2.45, 2.75) is 84.0 Å². The Bertz CT molecular complexity index is 1840. The summed E-state index contributed by atoms with van der Waals surface area (Å²) in [5, 5.41) is 8.70. The molecule has 7 rings (SSSR count). The Morgan fingerprint density at radius 3 is 2.48 bits per heavy atom. The van der Waals surface area contributed by atoms with Gasteiger partial charge < -0.3 is 33.8 Å². The first-order valence-corrected chi connectivity index (χ1v) is 23.7. The molecule has 2 aromatic heterocycles. The summed E-state index contributed by atoms with van der Waals surface area (Å²) >= 11 is 0. The fourth-order valence-corrected chi connectivity index (χ4v) is 8.51. The van der Waals surface area contributed by atoms with E-state index in [9.17, 15) is 4.79 Å². The van der Waals surface area contributed by atoms with Gasteiger partial charge in [-0.15, -0.1) is 0 Å². The van der Waals surface area contributed by atoms with Gasteiger partial charge in [-0.3, -0.25) is 5.10 Å². The Hall–Kier alpha value is -4.20. The van der Waals surface area contributed by atoms with Crippen molar-refractivity contribution >= 4 is 36.6 Å². The molecule has 3 aliphatic heterocycles. The number of nitrogens with zero attached hydrogens (tertiary/aromatic N) is 7. The molecular formula is C41H58N8O4Si. The summed E-state index contributed by atoms with van der Waals surface area (Å²) in [6, 6.07) is 15.7. The number of piperidine rings is 1. The lowest BCUT2D eigenvalue weighted by molar-refractivity contribution is 0.0761. The van der Waals surface area contributed by atoms with Crippen molar-refractivity contribution in [2.24, 2.45) is 0 Å². The van der Waals surface area contributed by atoms with Crippen LogP contribution in [0.3, 0.4) is 0 Å². The fraction of sp³-hybridized carbons (Fsp3) is 0.561. The number of amides is 1. The normalized spacial score (nSPS) is 17.4. The molecule has 5 heterocycles. The molecule has 0 bridgehead atoms. The predicted molar refractivity (Wildman–Crippen MR) is 216 cm³/mol. The van der Waals surface area contributed by atoms with Gasteiger partial charge >= 0.3 is 12.1 Å². The zero-order chi connectivity index (χ0) is 37.5. The maximum Gasteiger partial charge on any atom is 0.410 e. The molecule has 0 spiro atoms. The van der Waals surface area contributed by atoms with E-state index in [0.717, 1.165) is 77.8 Å². The summed E-state index contributed by atoms with van der Waals surface area (Å²) < 4.78 is 18.5. The van der Waals surface area contributed by atoms with Gasteiger partial charge in [0, 0.05) is 70.5 Å². The molecule has 290 valence electrons. The number of aromatic nitrogens is 4.